The highest BCUT2D eigenvalue weighted by molar-refractivity contribution is 7.92. The summed E-state index contributed by atoms with van der Waals surface area (Å²) in [5.74, 6) is -1.09. The molecule has 0 unspecified atom stereocenters. The van der Waals surface area contributed by atoms with Crippen LogP contribution in [0.2, 0.25) is 0 Å². The Kier molecular flexibility index (Phi) is 4.72. The third-order valence-corrected chi connectivity index (χ3v) is 5.08. The summed E-state index contributed by atoms with van der Waals surface area (Å²) in [6, 6.07) is 3.53. The van der Waals surface area contributed by atoms with E-state index < -0.39 is 16.0 Å². The van der Waals surface area contributed by atoms with E-state index in [0.29, 0.717) is 12.3 Å². The second-order valence-corrected chi connectivity index (χ2v) is 7.24. The average molecular weight is 313 g/mol. The first-order valence-corrected chi connectivity index (χ1v) is 8.59. The van der Waals surface area contributed by atoms with Crippen molar-refractivity contribution in [3.8, 4) is 5.75 Å². The third kappa shape index (κ3) is 4.35. The fourth-order valence-corrected chi connectivity index (χ4v) is 3.84. The van der Waals surface area contributed by atoms with Crippen LogP contribution in [-0.4, -0.2) is 30.4 Å². The zero-order valence-electron chi connectivity index (χ0n) is 11.6. The molecule has 0 aliphatic heterocycles. The van der Waals surface area contributed by atoms with Crippen LogP contribution < -0.4 is 4.72 Å². The van der Waals surface area contributed by atoms with Gasteiger partial charge in [-0.25, -0.2) is 13.2 Å². The van der Waals surface area contributed by atoms with Crippen LogP contribution in [0.25, 0.3) is 0 Å². The Morgan fingerprint density at radius 3 is 2.52 bits per heavy atom. The Labute approximate surface area is 123 Å². The van der Waals surface area contributed by atoms with Crippen LogP contribution in [0.3, 0.4) is 0 Å². The third-order valence-electron chi connectivity index (χ3n) is 3.78. The lowest BCUT2D eigenvalue weighted by molar-refractivity contribution is 0.0696. The molecule has 2 rings (SSSR count). The van der Waals surface area contributed by atoms with Crippen molar-refractivity contribution >= 4 is 21.7 Å². The van der Waals surface area contributed by atoms with Gasteiger partial charge in [-0.05, 0) is 30.5 Å². The van der Waals surface area contributed by atoms with Crippen LogP contribution in [0.5, 0.6) is 5.75 Å². The van der Waals surface area contributed by atoms with Crippen LogP contribution in [-0.2, 0) is 10.0 Å². The summed E-state index contributed by atoms with van der Waals surface area (Å²) in [5, 5.41) is 18.5. The number of hydrogen-bond acceptors (Lipinski definition) is 4. The monoisotopic (exact) mass is 313 g/mol. The minimum absolute atomic E-state index is 0.00595. The first kappa shape index (κ1) is 15.6. The lowest BCUT2D eigenvalue weighted by atomic mass is 10.1. The quantitative estimate of drug-likeness (QED) is 0.700. The zero-order valence-corrected chi connectivity index (χ0v) is 12.4. The molecule has 116 valence electrons. The number of sulfonamides is 1. The number of phenolic OH excluding ortho intramolecular Hbond substituents is 1. The van der Waals surface area contributed by atoms with Crippen LogP contribution in [0.15, 0.2) is 18.2 Å². The van der Waals surface area contributed by atoms with Crippen LogP contribution in [0.4, 0.5) is 5.69 Å². The van der Waals surface area contributed by atoms with Gasteiger partial charge in [-0.15, -0.1) is 0 Å². The number of carbonyl (C=O) groups is 1. The maximum atomic E-state index is 12.0. The molecule has 3 N–H and O–H groups in total. The number of benzene rings is 1. The summed E-state index contributed by atoms with van der Waals surface area (Å²) >= 11 is 0. The van der Waals surface area contributed by atoms with Crippen molar-refractivity contribution in [2.75, 3.05) is 10.5 Å². The average Bonchev–Trinajstić information content (AvgIpc) is 2.92. The molecule has 0 bridgehead atoms. The van der Waals surface area contributed by atoms with Gasteiger partial charge < -0.3 is 10.2 Å². The summed E-state index contributed by atoms with van der Waals surface area (Å²) in [6.07, 6.45) is 5.09. The number of rotatable bonds is 6. The molecule has 0 amide bonds. The van der Waals surface area contributed by atoms with Crippen LogP contribution in [0, 0.1) is 5.92 Å². The highest BCUT2D eigenvalue weighted by Gasteiger charge is 2.20. The minimum atomic E-state index is -3.54. The van der Waals surface area contributed by atoms with E-state index in [1.165, 1.54) is 12.1 Å². The van der Waals surface area contributed by atoms with Crippen LogP contribution in [0.1, 0.15) is 42.5 Å². The van der Waals surface area contributed by atoms with E-state index in [9.17, 15) is 18.3 Å². The Morgan fingerprint density at radius 1 is 1.29 bits per heavy atom. The second kappa shape index (κ2) is 6.34. The number of phenols is 1. The van der Waals surface area contributed by atoms with Gasteiger partial charge in [0, 0.05) is 0 Å². The molecule has 21 heavy (non-hydrogen) atoms. The van der Waals surface area contributed by atoms with Gasteiger partial charge >= 0.3 is 5.97 Å². The molecule has 1 fully saturated rings. The Bertz CT molecular complexity index is 620. The van der Waals surface area contributed by atoms with E-state index in [4.69, 9.17) is 5.11 Å². The normalized spacial score (nSPS) is 16.0. The van der Waals surface area contributed by atoms with Gasteiger partial charge in [0.15, 0.2) is 0 Å². The van der Waals surface area contributed by atoms with E-state index in [0.717, 1.165) is 31.7 Å². The molecule has 6 nitrogen and oxygen atoms in total. The zero-order chi connectivity index (χ0) is 15.5. The van der Waals surface area contributed by atoms with Gasteiger partial charge in [0.05, 0.1) is 17.0 Å². The molecular weight excluding hydrogens is 294 g/mol. The largest absolute Gasteiger partial charge is 0.506 e. The van der Waals surface area contributed by atoms with Crippen molar-refractivity contribution in [3.63, 3.8) is 0 Å². The molecule has 0 saturated heterocycles. The van der Waals surface area contributed by atoms with Gasteiger partial charge in [-0.2, -0.15) is 0 Å². The van der Waals surface area contributed by atoms with E-state index >= 15 is 0 Å². The van der Waals surface area contributed by atoms with Crippen molar-refractivity contribution in [1.29, 1.82) is 0 Å². The summed E-state index contributed by atoms with van der Waals surface area (Å²) in [6.45, 7) is 0. The van der Waals surface area contributed by atoms with E-state index in [2.05, 4.69) is 4.72 Å². The molecule has 7 heteroatoms. The lowest BCUT2D eigenvalue weighted by Crippen LogP contribution is -2.18. The smallest absolute Gasteiger partial charge is 0.335 e. The minimum Gasteiger partial charge on any atom is -0.506 e. The number of aromatic carboxylic acids is 1. The predicted octanol–water partition coefficient (Wildman–Crippen LogP) is 2.41. The maximum absolute atomic E-state index is 12.0. The van der Waals surface area contributed by atoms with Crippen molar-refractivity contribution in [3.05, 3.63) is 23.8 Å². The van der Waals surface area contributed by atoms with E-state index in [1.807, 2.05) is 0 Å². The summed E-state index contributed by atoms with van der Waals surface area (Å²) < 4.78 is 26.3. The summed E-state index contributed by atoms with van der Waals surface area (Å²) in [4.78, 5) is 10.7. The molecule has 0 aromatic heterocycles. The van der Waals surface area contributed by atoms with Crippen molar-refractivity contribution < 1.29 is 23.4 Å². The van der Waals surface area contributed by atoms with Gasteiger partial charge in [0.25, 0.3) is 0 Å². The molecule has 1 aromatic carbocycles. The summed E-state index contributed by atoms with van der Waals surface area (Å²) in [7, 11) is -3.54. The number of hydrogen-bond donors (Lipinski definition) is 3. The number of anilines is 1. The molecular formula is C14H19NO5S. The highest BCUT2D eigenvalue weighted by Crippen LogP contribution is 2.29. The second-order valence-electron chi connectivity index (χ2n) is 5.40. The maximum Gasteiger partial charge on any atom is 0.335 e. The molecule has 1 saturated carbocycles. The molecule has 0 atom stereocenters. The lowest BCUT2D eigenvalue weighted by Gasteiger charge is -2.12. The van der Waals surface area contributed by atoms with Gasteiger partial charge in [-0.3, -0.25) is 4.72 Å². The van der Waals surface area contributed by atoms with Crippen molar-refractivity contribution in [2.45, 2.75) is 32.1 Å². The fourth-order valence-electron chi connectivity index (χ4n) is 2.59. The molecule has 0 heterocycles. The summed E-state index contributed by atoms with van der Waals surface area (Å²) in [5.41, 5.74) is -0.0900. The first-order valence-electron chi connectivity index (χ1n) is 6.94. The predicted molar refractivity (Wildman–Crippen MR) is 79.1 cm³/mol. The molecule has 0 radical (unpaired) electrons. The standard InChI is InChI=1S/C14H19NO5S/c16-13-9-11(14(17)18)5-6-12(13)15-21(19,20)8-7-10-3-1-2-4-10/h5-6,9-10,15-16H,1-4,7-8H2,(H,17,18). The van der Waals surface area contributed by atoms with Crippen molar-refractivity contribution in [1.82, 2.24) is 0 Å². The van der Waals surface area contributed by atoms with Gasteiger partial charge in [0.2, 0.25) is 10.0 Å². The first-order chi connectivity index (χ1) is 9.87. The highest BCUT2D eigenvalue weighted by atomic mass is 32.2. The van der Waals surface area contributed by atoms with Gasteiger partial charge in [-0.1, -0.05) is 25.7 Å². The molecule has 1 aliphatic rings. The number of carboxylic acid groups (broad SMARTS) is 1. The number of carboxylic acids is 1. The Morgan fingerprint density at radius 2 is 1.95 bits per heavy atom. The van der Waals surface area contributed by atoms with Crippen molar-refractivity contribution in [2.24, 2.45) is 5.92 Å². The molecule has 0 spiro atoms. The molecule has 1 aliphatic carbocycles. The fraction of sp³-hybridized carbons (Fsp3) is 0.500. The topological polar surface area (TPSA) is 104 Å². The number of nitrogens with one attached hydrogen (secondary N) is 1. The number of aromatic hydroxyl groups is 1. The van der Waals surface area contributed by atoms with Crippen LogP contribution >= 0.6 is 0 Å². The Balaban J connectivity index is 2.00. The SMILES string of the molecule is O=C(O)c1ccc(NS(=O)(=O)CCC2CCCC2)c(O)c1. The molecule has 1 aromatic rings. The van der Waals surface area contributed by atoms with Gasteiger partial charge in [0.1, 0.15) is 5.75 Å². The van der Waals surface area contributed by atoms with E-state index in [-0.39, 0.29) is 22.8 Å². The van der Waals surface area contributed by atoms with E-state index in [1.54, 1.807) is 0 Å². The Hall–Kier alpha value is -1.76.